The molecule has 208 valence electrons. The van der Waals surface area contributed by atoms with Crippen LogP contribution in [0.3, 0.4) is 0 Å². The molecule has 1 saturated heterocycles. The fourth-order valence-corrected chi connectivity index (χ4v) is 3.95. The van der Waals surface area contributed by atoms with Crippen LogP contribution >= 0.6 is 0 Å². The molecule has 0 radical (unpaired) electrons. The van der Waals surface area contributed by atoms with Crippen molar-refractivity contribution in [3.8, 4) is 0 Å². The second-order valence-corrected chi connectivity index (χ2v) is 8.89. The van der Waals surface area contributed by atoms with Crippen LogP contribution in [0, 0.1) is 5.41 Å². The van der Waals surface area contributed by atoms with Gasteiger partial charge >= 0.3 is 23.1 Å². The fraction of sp³-hybridized carbons (Fsp3) is 0.667. The summed E-state index contributed by atoms with van der Waals surface area (Å²) in [5.41, 5.74) is -3.44. The van der Waals surface area contributed by atoms with Crippen LogP contribution in [0.1, 0.15) is 53.4 Å². The van der Waals surface area contributed by atoms with Crippen molar-refractivity contribution in [1.82, 2.24) is 23.5 Å². The van der Waals surface area contributed by atoms with Crippen molar-refractivity contribution in [3.05, 3.63) is 44.1 Å². The number of aromatic nitrogens is 3. The van der Waals surface area contributed by atoms with E-state index in [2.05, 4.69) is 6.58 Å². The molecule has 0 spiro atoms. The van der Waals surface area contributed by atoms with E-state index >= 15 is 0 Å². The number of carbonyl (C=O) groups is 3. The van der Waals surface area contributed by atoms with Crippen molar-refractivity contribution < 1.29 is 24.6 Å². The Hall–Kier alpha value is -3.32. The zero-order valence-electron chi connectivity index (χ0n) is 22.5. The third-order valence-electron chi connectivity index (χ3n) is 6.64. The van der Waals surface area contributed by atoms with Crippen LogP contribution < -0.4 is 17.1 Å². The number of urea groups is 1. The number of aliphatic hydroxyl groups excluding tert-OH is 2. The highest BCUT2D eigenvalue weighted by atomic mass is 16.3. The molecule has 1 aliphatic rings. The average Bonchev–Trinajstić information content (AvgIpc) is 2.90. The predicted molar refractivity (Wildman–Crippen MR) is 136 cm³/mol. The van der Waals surface area contributed by atoms with Crippen LogP contribution in [0.15, 0.2) is 27.0 Å². The van der Waals surface area contributed by atoms with Crippen LogP contribution in [-0.2, 0) is 29.2 Å². The number of aliphatic hydroxyl groups is 2. The SMILES string of the molecule is C=CCn1c(=O)n(CC(O)CC)c(=O)n(CC(O)CC)c1=O.CCC1(CC)C(=O)N(C)C(=O)N(C)C1=O. The van der Waals surface area contributed by atoms with Gasteiger partial charge in [0.25, 0.3) is 0 Å². The number of rotatable bonds is 10. The molecule has 1 aliphatic heterocycles. The molecule has 1 fully saturated rings. The van der Waals surface area contributed by atoms with Crippen LogP contribution in [-0.4, -0.2) is 77.9 Å². The summed E-state index contributed by atoms with van der Waals surface area (Å²) in [4.78, 5) is 74.2. The van der Waals surface area contributed by atoms with Gasteiger partial charge in [-0.1, -0.05) is 33.8 Å². The van der Waals surface area contributed by atoms with E-state index in [4.69, 9.17) is 0 Å². The summed E-state index contributed by atoms with van der Waals surface area (Å²) in [5.74, 6) is -0.777. The van der Waals surface area contributed by atoms with Crippen molar-refractivity contribution >= 4 is 17.8 Å². The lowest BCUT2D eigenvalue weighted by Gasteiger charge is -2.40. The summed E-state index contributed by atoms with van der Waals surface area (Å²) < 4.78 is 2.50. The second kappa shape index (κ2) is 13.3. The quantitative estimate of drug-likeness (QED) is 0.312. The minimum absolute atomic E-state index is 0.0532. The minimum Gasteiger partial charge on any atom is -0.391 e. The average molecular weight is 526 g/mol. The Morgan fingerprint density at radius 3 is 1.38 bits per heavy atom. The van der Waals surface area contributed by atoms with Crippen LogP contribution in [0.5, 0.6) is 0 Å². The van der Waals surface area contributed by atoms with Gasteiger partial charge in [-0.15, -0.1) is 6.58 Å². The Labute approximate surface area is 215 Å². The molecule has 37 heavy (non-hydrogen) atoms. The first-order chi connectivity index (χ1) is 17.3. The largest absolute Gasteiger partial charge is 0.391 e. The first-order valence-electron chi connectivity index (χ1n) is 12.3. The Kier molecular flexibility index (Phi) is 11.4. The van der Waals surface area contributed by atoms with Crippen LogP contribution in [0.25, 0.3) is 0 Å². The molecular formula is C24H39N5O8. The summed E-state index contributed by atoms with van der Waals surface area (Å²) in [5, 5.41) is 19.4. The standard InChI is InChI=1S/C14H23N3O5.C10H16N2O3/c1-4-7-15-12(20)16(8-10(18)5-2)14(22)17(13(15)21)9-11(19)6-3;1-5-10(6-2)7(13)11(3)9(15)12(4)8(10)14/h4,10-11,18-19H,1,5-9H2,2-3H3;5-6H2,1-4H3. The summed E-state index contributed by atoms with van der Waals surface area (Å²) in [6, 6.07) is -0.553. The van der Waals surface area contributed by atoms with Crippen molar-refractivity contribution in [3.63, 3.8) is 0 Å². The first-order valence-corrected chi connectivity index (χ1v) is 12.3. The van der Waals surface area contributed by atoms with Gasteiger partial charge < -0.3 is 10.2 Å². The number of barbiturate groups is 1. The van der Waals surface area contributed by atoms with Gasteiger partial charge in [0.2, 0.25) is 11.8 Å². The summed E-state index contributed by atoms with van der Waals surface area (Å²) in [6.07, 6.45) is 1.20. The molecule has 2 rings (SSSR count). The first kappa shape index (κ1) is 31.7. The molecule has 0 saturated carbocycles. The van der Waals surface area contributed by atoms with E-state index in [1.807, 2.05) is 0 Å². The molecule has 2 heterocycles. The smallest absolute Gasteiger partial charge is 0.336 e. The van der Waals surface area contributed by atoms with Crippen molar-refractivity contribution in [2.45, 2.75) is 85.2 Å². The van der Waals surface area contributed by atoms with E-state index in [0.29, 0.717) is 25.7 Å². The van der Waals surface area contributed by atoms with E-state index in [1.54, 1.807) is 27.7 Å². The van der Waals surface area contributed by atoms with Crippen molar-refractivity contribution in [2.75, 3.05) is 14.1 Å². The highest BCUT2D eigenvalue weighted by molar-refractivity contribution is 6.18. The number of hydrogen-bond donors (Lipinski definition) is 2. The Morgan fingerprint density at radius 2 is 1.08 bits per heavy atom. The number of amides is 4. The molecule has 2 unspecified atom stereocenters. The molecule has 1 aromatic rings. The monoisotopic (exact) mass is 525 g/mol. The maximum absolute atomic E-state index is 12.3. The van der Waals surface area contributed by atoms with Gasteiger partial charge in [0, 0.05) is 14.1 Å². The van der Waals surface area contributed by atoms with E-state index in [-0.39, 0.29) is 31.4 Å². The summed E-state index contributed by atoms with van der Waals surface area (Å²) in [6.45, 7) is 10.0. The van der Waals surface area contributed by atoms with Gasteiger partial charge in [-0.25, -0.2) is 32.9 Å². The molecule has 2 N–H and O–H groups in total. The van der Waals surface area contributed by atoms with Gasteiger partial charge in [0.15, 0.2) is 0 Å². The van der Waals surface area contributed by atoms with Crippen LogP contribution in [0.2, 0.25) is 0 Å². The minimum atomic E-state index is -1.04. The molecular weight excluding hydrogens is 486 g/mol. The number of imide groups is 2. The highest BCUT2D eigenvalue weighted by Gasteiger charge is 2.52. The Bertz CT molecular complexity index is 1100. The number of carbonyl (C=O) groups excluding carboxylic acids is 3. The molecule has 13 nitrogen and oxygen atoms in total. The molecule has 13 heteroatoms. The molecule has 1 aromatic heterocycles. The lowest BCUT2D eigenvalue weighted by Crippen LogP contribution is -2.62. The zero-order valence-corrected chi connectivity index (χ0v) is 22.5. The third-order valence-corrected chi connectivity index (χ3v) is 6.64. The molecule has 4 amide bonds. The van der Waals surface area contributed by atoms with Gasteiger partial charge in [-0.05, 0) is 25.7 Å². The van der Waals surface area contributed by atoms with Crippen molar-refractivity contribution in [2.24, 2.45) is 5.41 Å². The maximum Gasteiger partial charge on any atom is 0.336 e. The fourth-order valence-electron chi connectivity index (χ4n) is 3.95. The van der Waals surface area contributed by atoms with Gasteiger partial charge in [0.05, 0.1) is 31.8 Å². The summed E-state index contributed by atoms with van der Waals surface area (Å²) in [7, 11) is 2.82. The third kappa shape index (κ3) is 6.34. The number of allylic oxidation sites excluding steroid dienone is 1. The van der Waals surface area contributed by atoms with Gasteiger partial charge in [-0.3, -0.25) is 19.4 Å². The van der Waals surface area contributed by atoms with Crippen molar-refractivity contribution in [1.29, 1.82) is 0 Å². The lowest BCUT2D eigenvalue weighted by atomic mass is 9.78. The molecule has 2 atom stereocenters. The molecule has 0 aromatic carbocycles. The van der Waals surface area contributed by atoms with Gasteiger partial charge in [0.1, 0.15) is 5.41 Å². The summed E-state index contributed by atoms with van der Waals surface area (Å²) >= 11 is 0. The molecule has 0 bridgehead atoms. The zero-order chi connectivity index (χ0) is 28.7. The van der Waals surface area contributed by atoms with E-state index in [1.165, 1.54) is 20.2 Å². The maximum atomic E-state index is 12.3. The number of hydrogen-bond acceptors (Lipinski definition) is 8. The second-order valence-electron chi connectivity index (χ2n) is 8.89. The lowest BCUT2D eigenvalue weighted by molar-refractivity contribution is -0.157. The topological polar surface area (TPSA) is 164 Å². The predicted octanol–water partition coefficient (Wildman–Crippen LogP) is -0.257. The van der Waals surface area contributed by atoms with Gasteiger partial charge in [-0.2, -0.15) is 0 Å². The van der Waals surface area contributed by atoms with E-state index in [0.717, 1.165) is 23.5 Å². The Morgan fingerprint density at radius 1 is 0.730 bits per heavy atom. The highest BCUT2D eigenvalue weighted by Crippen LogP contribution is 2.34. The Balaban J connectivity index is 0.000000397. The normalized spacial score (nSPS) is 16.8. The molecule has 0 aliphatic carbocycles. The number of nitrogens with zero attached hydrogens (tertiary/aromatic N) is 5. The van der Waals surface area contributed by atoms with E-state index < -0.39 is 40.7 Å². The van der Waals surface area contributed by atoms with E-state index in [9.17, 15) is 39.0 Å². The van der Waals surface area contributed by atoms with Crippen LogP contribution in [0.4, 0.5) is 4.79 Å².